The Hall–Kier alpha value is -2.70. The molecule has 7 nitrogen and oxygen atoms in total. The molecule has 0 saturated heterocycles. The van der Waals surface area contributed by atoms with Crippen LogP contribution < -0.4 is 0 Å². The largest absolute Gasteiger partial charge is 0.481 e. The van der Waals surface area contributed by atoms with E-state index in [0.29, 0.717) is 18.0 Å². The van der Waals surface area contributed by atoms with Gasteiger partial charge in [0.15, 0.2) is 5.76 Å². The van der Waals surface area contributed by atoms with Crippen LogP contribution in [0.25, 0.3) is 22.6 Å². The van der Waals surface area contributed by atoms with Crippen molar-refractivity contribution in [1.29, 1.82) is 0 Å². The summed E-state index contributed by atoms with van der Waals surface area (Å²) in [6, 6.07) is 9.15. The van der Waals surface area contributed by atoms with Gasteiger partial charge in [-0.1, -0.05) is 25.1 Å². The fourth-order valence-electron chi connectivity index (χ4n) is 2.30. The molecule has 0 bridgehead atoms. The van der Waals surface area contributed by atoms with Crippen LogP contribution in [-0.2, 0) is 4.79 Å². The van der Waals surface area contributed by atoms with E-state index in [1.54, 1.807) is 0 Å². The minimum absolute atomic E-state index is 0.0330. The lowest BCUT2D eigenvalue weighted by molar-refractivity contribution is -0.138. The maximum atomic E-state index is 10.9. The first-order valence-electron chi connectivity index (χ1n) is 6.67. The molecule has 2 heterocycles. The van der Waals surface area contributed by atoms with Gasteiger partial charge in [-0.2, -0.15) is 0 Å². The number of benzene rings is 1. The fourth-order valence-corrected chi connectivity index (χ4v) is 2.30. The van der Waals surface area contributed by atoms with Crippen LogP contribution in [-0.4, -0.2) is 31.3 Å². The van der Waals surface area contributed by atoms with E-state index in [4.69, 9.17) is 9.52 Å². The molecule has 1 unspecified atom stereocenters. The van der Waals surface area contributed by atoms with E-state index in [0.717, 1.165) is 11.0 Å². The quantitative estimate of drug-likeness (QED) is 0.774. The third kappa shape index (κ3) is 2.49. The molecule has 0 spiro atoms. The van der Waals surface area contributed by atoms with Crippen molar-refractivity contribution < 1.29 is 14.3 Å². The van der Waals surface area contributed by atoms with E-state index >= 15 is 0 Å². The van der Waals surface area contributed by atoms with Gasteiger partial charge in [0.1, 0.15) is 5.58 Å². The predicted molar refractivity (Wildman–Crippen MR) is 74.6 cm³/mol. The number of carboxylic acid groups (broad SMARTS) is 1. The number of fused-ring (bicyclic) bond motifs is 1. The average molecular weight is 286 g/mol. The lowest BCUT2D eigenvalue weighted by Gasteiger charge is -2.13. The van der Waals surface area contributed by atoms with E-state index in [9.17, 15) is 4.79 Å². The number of hydrogen-bond donors (Lipinski definition) is 1. The van der Waals surface area contributed by atoms with Crippen LogP contribution in [0.4, 0.5) is 0 Å². The van der Waals surface area contributed by atoms with Gasteiger partial charge in [-0.05, 0) is 29.0 Å². The second kappa shape index (κ2) is 5.35. The second-order valence-electron chi connectivity index (χ2n) is 4.76. The second-order valence-corrected chi connectivity index (χ2v) is 4.76. The first-order valence-corrected chi connectivity index (χ1v) is 6.67. The third-order valence-corrected chi connectivity index (χ3v) is 3.37. The van der Waals surface area contributed by atoms with Gasteiger partial charge in [-0.15, -0.1) is 5.10 Å². The Labute approximate surface area is 120 Å². The molecule has 1 aromatic carbocycles. The summed E-state index contributed by atoms with van der Waals surface area (Å²) < 4.78 is 7.26. The number of nitrogens with zero attached hydrogens (tertiary/aromatic N) is 4. The van der Waals surface area contributed by atoms with Crippen LogP contribution >= 0.6 is 0 Å². The number of furan rings is 1. The van der Waals surface area contributed by atoms with Crippen molar-refractivity contribution in [2.24, 2.45) is 0 Å². The summed E-state index contributed by atoms with van der Waals surface area (Å²) in [5.74, 6) is 0.0947. The van der Waals surface area contributed by atoms with Crippen molar-refractivity contribution in [2.45, 2.75) is 25.8 Å². The van der Waals surface area contributed by atoms with Crippen molar-refractivity contribution in [1.82, 2.24) is 20.2 Å². The predicted octanol–water partition coefficient (Wildman–Crippen LogP) is 2.51. The number of carboxylic acids is 1. The number of aromatic nitrogens is 4. The molecule has 0 aliphatic carbocycles. The molecule has 0 aliphatic rings. The molecule has 0 aliphatic heterocycles. The van der Waals surface area contributed by atoms with Crippen molar-refractivity contribution in [3.05, 3.63) is 30.3 Å². The summed E-state index contributed by atoms with van der Waals surface area (Å²) in [4.78, 5) is 10.9. The lowest BCUT2D eigenvalue weighted by Crippen LogP contribution is -2.15. The van der Waals surface area contributed by atoms with Crippen LogP contribution in [0.5, 0.6) is 0 Å². The van der Waals surface area contributed by atoms with Gasteiger partial charge < -0.3 is 9.52 Å². The molecule has 1 N–H and O–H groups in total. The van der Waals surface area contributed by atoms with Crippen LogP contribution in [0, 0.1) is 0 Å². The molecule has 2 aromatic heterocycles. The molecule has 0 fully saturated rings. The van der Waals surface area contributed by atoms with E-state index in [-0.39, 0.29) is 12.5 Å². The van der Waals surface area contributed by atoms with E-state index in [2.05, 4.69) is 15.5 Å². The van der Waals surface area contributed by atoms with E-state index in [1.165, 1.54) is 4.68 Å². The van der Waals surface area contributed by atoms with Crippen molar-refractivity contribution in [3.8, 4) is 11.6 Å². The normalized spacial score (nSPS) is 12.6. The Morgan fingerprint density at radius 1 is 1.43 bits per heavy atom. The lowest BCUT2D eigenvalue weighted by atomic mass is 10.1. The number of aliphatic carboxylic acids is 1. The Morgan fingerprint density at radius 2 is 2.24 bits per heavy atom. The molecular formula is C14H14N4O3. The van der Waals surface area contributed by atoms with Gasteiger partial charge in [-0.3, -0.25) is 4.79 Å². The Bertz CT molecular complexity index is 744. The van der Waals surface area contributed by atoms with E-state index < -0.39 is 5.97 Å². The smallest absolute Gasteiger partial charge is 0.305 e. The number of rotatable bonds is 5. The van der Waals surface area contributed by atoms with Gasteiger partial charge in [0, 0.05) is 5.39 Å². The monoisotopic (exact) mass is 286 g/mol. The molecule has 108 valence electrons. The maximum Gasteiger partial charge on any atom is 0.305 e. The zero-order chi connectivity index (χ0) is 14.8. The van der Waals surface area contributed by atoms with Crippen molar-refractivity contribution in [2.75, 3.05) is 0 Å². The summed E-state index contributed by atoms with van der Waals surface area (Å²) in [6.07, 6.45) is 0.583. The van der Waals surface area contributed by atoms with Gasteiger partial charge in [0.2, 0.25) is 5.82 Å². The highest BCUT2D eigenvalue weighted by Crippen LogP contribution is 2.28. The molecule has 0 radical (unpaired) electrons. The Kier molecular flexibility index (Phi) is 3.39. The van der Waals surface area contributed by atoms with Gasteiger partial charge >= 0.3 is 5.97 Å². The highest BCUT2D eigenvalue weighted by atomic mass is 16.4. The van der Waals surface area contributed by atoms with Gasteiger partial charge in [0.05, 0.1) is 12.5 Å². The zero-order valence-electron chi connectivity index (χ0n) is 11.4. The fraction of sp³-hybridized carbons (Fsp3) is 0.286. The highest BCUT2D eigenvalue weighted by Gasteiger charge is 2.21. The topological polar surface area (TPSA) is 94.0 Å². The zero-order valence-corrected chi connectivity index (χ0v) is 11.4. The third-order valence-electron chi connectivity index (χ3n) is 3.37. The maximum absolute atomic E-state index is 10.9. The molecule has 1 atom stereocenters. The summed E-state index contributed by atoms with van der Waals surface area (Å²) in [5.41, 5.74) is 0.744. The summed E-state index contributed by atoms with van der Waals surface area (Å²) >= 11 is 0. The van der Waals surface area contributed by atoms with Crippen LogP contribution in [0.2, 0.25) is 0 Å². The van der Waals surface area contributed by atoms with Crippen LogP contribution in [0.3, 0.4) is 0 Å². The summed E-state index contributed by atoms with van der Waals surface area (Å²) in [7, 11) is 0. The first kappa shape index (κ1) is 13.3. The molecule has 3 aromatic rings. The summed E-state index contributed by atoms with van der Waals surface area (Å²) in [6.45, 7) is 1.90. The van der Waals surface area contributed by atoms with Gasteiger partial charge in [-0.25, -0.2) is 4.68 Å². The Balaban J connectivity index is 2.03. The number of carbonyl (C=O) groups is 1. The summed E-state index contributed by atoms with van der Waals surface area (Å²) in [5, 5.41) is 21.5. The number of hydrogen-bond acceptors (Lipinski definition) is 5. The molecule has 21 heavy (non-hydrogen) atoms. The minimum atomic E-state index is -0.882. The standard InChI is InChI=1S/C14H14N4O3/c1-2-10(8-13(19)20)18-14(15-16-17-18)12-7-9-5-3-4-6-11(9)21-12/h3-7,10H,2,8H2,1H3,(H,19,20). The molecule has 3 rings (SSSR count). The van der Waals surface area contributed by atoms with E-state index in [1.807, 2.05) is 37.3 Å². The number of para-hydroxylation sites is 1. The van der Waals surface area contributed by atoms with Crippen LogP contribution in [0.15, 0.2) is 34.7 Å². The van der Waals surface area contributed by atoms with Crippen molar-refractivity contribution in [3.63, 3.8) is 0 Å². The minimum Gasteiger partial charge on any atom is -0.481 e. The number of tetrazole rings is 1. The average Bonchev–Trinajstić information content (AvgIpc) is 3.10. The Morgan fingerprint density at radius 3 is 2.95 bits per heavy atom. The molecule has 7 heteroatoms. The first-order chi connectivity index (χ1) is 10.2. The van der Waals surface area contributed by atoms with Gasteiger partial charge in [0.25, 0.3) is 0 Å². The highest BCUT2D eigenvalue weighted by molar-refractivity contribution is 5.81. The molecular weight excluding hydrogens is 272 g/mol. The molecule has 0 amide bonds. The SMILES string of the molecule is CCC(CC(=O)O)n1nnnc1-c1cc2ccccc2o1. The molecule has 0 saturated carbocycles. The van der Waals surface area contributed by atoms with Crippen molar-refractivity contribution >= 4 is 16.9 Å². The van der Waals surface area contributed by atoms with Crippen LogP contribution in [0.1, 0.15) is 25.8 Å².